The van der Waals surface area contributed by atoms with E-state index in [2.05, 4.69) is 20.9 Å². The lowest BCUT2D eigenvalue weighted by Gasteiger charge is -2.18. The summed E-state index contributed by atoms with van der Waals surface area (Å²) in [6.45, 7) is 9.59. The van der Waals surface area contributed by atoms with Crippen molar-refractivity contribution in [2.75, 3.05) is 26.2 Å². The van der Waals surface area contributed by atoms with Gasteiger partial charge in [-0.3, -0.25) is 9.79 Å². The van der Waals surface area contributed by atoms with E-state index in [4.69, 9.17) is 11.6 Å². The number of aliphatic imine (C=N–C) groups is 1. The second-order valence-electron chi connectivity index (χ2n) is 6.31. The number of amides is 1. The summed E-state index contributed by atoms with van der Waals surface area (Å²) in [6.07, 6.45) is -0.682. The molecule has 1 amide bonds. The average Bonchev–Trinajstić information content (AvgIpc) is 2.94. The Morgan fingerprint density at radius 3 is 2.50 bits per heavy atom. The topological polar surface area (TPSA) is 85.8 Å². The highest BCUT2D eigenvalue weighted by Gasteiger charge is 2.20. The Kier molecular flexibility index (Phi) is 8.52. The van der Waals surface area contributed by atoms with E-state index in [0.29, 0.717) is 29.9 Å². The van der Waals surface area contributed by atoms with Crippen LogP contribution in [0, 0.1) is 5.41 Å². The van der Waals surface area contributed by atoms with Gasteiger partial charge in [-0.05, 0) is 19.1 Å². The lowest BCUT2D eigenvalue weighted by atomic mass is 9.96. The van der Waals surface area contributed by atoms with Crippen molar-refractivity contribution in [1.29, 1.82) is 0 Å². The van der Waals surface area contributed by atoms with Crippen LogP contribution in [0.4, 0.5) is 0 Å². The highest BCUT2D eigenvalue weighted by atomic mass is 35.5. The number of hydrogen-bond acceptors (Lipinski definition) is 4. The van der Waals surface area contributed by atoms with Crippen molar-refractivity contribution < 1.29 is 9.90 Å². The normalized spacial score (nSPS) is 13.5. The zero-order valence-electron chi connectivity index (χ0n) is 14.6. The summed E-state index contributed by atoms with van der Waals surface area (Å²) < 4.78 is 0.646. The Morgan fingerprint density at radius 2 is 1.96 bits per heavy atom. The summed E-state index contributed by atoms with van der Waals surface area (Å²) >= 11 is 7.22. The molecule has 4 N–H and O–H groups in total. The molecule has 0 saturated carbocycles. The Bertz CT molecular complexity index is 555. The molecule has 0 bridgehead atoms. The molecule has 136 valence electrons. The molecule has 0 fully saturated rings. The van der Waals surface area contributed by atoms with Crippen molar-refractivity contribution in [1.82, 2.24) is 16.0 Å². The number of aliphatic hydroxyl groups is 1. The molecule has 1 atom stereocenters. The molecule has 0 aromatic carbocycles. The van der Waals surface area contributed by atoms with E-state index in [1.54, 1.807) is 12.1 Å². The van der Waals surface area contributed by atoms with Crippen LogP contribution in [-0.2, 0) is 4.79 Å². The average molecular weight is 375 g/mol. The van der Waals surface area contributed by atoms with Crippen LogP contribution in [-0.4, -0.2) is 43.2 Å². The number of halogens is 1. The minimum Gasteiger partial charge on any atom is -0.386 e. The fourth-order valence-corrected chi connectivity index (χ4v) is 2.78. The molecule has 1 rings (SSSR count). The molecule has 0 aliphatic heterocycles. The predicted molar refractivity (Wildman–Crippen MR) is 101 cm³/mol. The van der Waals surface area contributed by atoms with Gasteiger partial charge in [0.05, 0.1) is 10.9 Å². The first kappa shape index (κ1) is 20.7. The van der Waals surface area contributed by atoms with Crippen molar-refractivity contribution in [2.24, 2.45) is 10.4 Å². The van der Waals surface area contributed by atoms with Crippen LogP contribution < -0.4 is 16.0 Å². The van der Waals surface area contributed by atoms with Gasteiger partial charge >= 0.3 is 0 Å². The van der Waals surface area contributed by atoms with E-state index in [1.165, 1.54) is 11.3 Å². The highest BCUT2D eigenvalue weighted by molar-refractivity contribution is 7.16. The zero-order chi connectivity index (χ0) is 18.2. The number of guanidine groups is 1. The summed E-state index contributed by atoms with van der Waals surface area (Å²) in [4.78, 5) is 16.9. The van der Waals surface area contributed by atoms with E-state index in [0.717, 1.165) is 4.88 Å². The molecule has 0 aliphatic rings. The first-order chi connectivity index (χ1) is 11.2. The third-order valence-corrected chi connectivity index (χ3v) is 4.41. The molecule has 0 saturated heterocycles. The zero-order valence-corrected chi connectivity index (χ0v) is 16.2. The van der Waals surface area contributed by atoms with Crippen LogP contribution in [0.15, 0.2) is 17.1 Å². The smallest absolute Gasteiger partial charge is 0.225 e. The van der Waals surface area contributed by atoms with Crippen LogP contribution in [0.2, 0.25) is 4.34 Å². The molecule has 8 heteroatoms. The standard InChI is InChI=1S/C16H27ClN4O2S/c1-5-18-15(20-9-8-19-14(23)16(2,3)4)21-10-11(22)12-6-7-13(17)24-12/h6-7,11,22H,5,8-10H2,1-4H3,(H,19,23)(H2,18,20,21). The number of rotatable bonds is 7. The van der Waals surface area contributed by atoms with E-state index >= 15 is 0 Å². The molecule has 1 heterocycles. The van der Waals surface area contributed by atoms with E-state index in [-0.39, 0.29) is 12.5 Å². The van der Waals surface area contributed by atoms with Crippen molar-refractivity contribution in [3.05, 3.63) is 21.3 Å². The minimum atomic E-state index is -0.682. The van der Waals surface area contributed by atoms with Gasteiger partial charge in [-0.2, -0.15) is 0 Å². The van der Waals surface area contributed by atoms with Crippen LogP contribution in [0.1, 0.15) is 38.7 Å². The van der Waals surface area contributed by atoms with Gasteiger partial charge in [0.1, 0.15) is 6.10 Å². The summed E-state index contributed by atoms with van der Waals surface area (Å²) in [5, 5.41) is 19.2. The highest BCUT2D eigenvalue weighted by Crippen LogP contribution is 2.26. The molecule has 24 heavy (non-hydrogen) atoms. The maximum atomic E-state index is 11.8. The second-order valence-corrected chi connectivity index (χ2v) is 8.06. The first-order valence-corrected chi connectivity index (χ1v) is 9.17. The molecule has 1 aromatic rings. The largest absolute Gasteiger partial charge is 0.386 e. The fraction of sp³-hybridized carbons (Fsp3) is 0.625. The van der Waals surface area contributed by atoms with Crippen molar-refractivity contribution in [3.63, 3.8) is 0 Å². The molecule has 1 aromatic heterocycles. The van der Waals surface area contributed by atoms with Crippen molar-refractivity contribution >= 4 is 34.8 Å². The molecule has 0 radical (unpaired) electrons. The van der Waals surface area contributed by atoms with Gasteiger partial charge in [-0.1, -0.05) is 32.4 Å². The third kappa shape index (κ3) is 7.51. The molecule has 1 unspecified atom stereocenters. The Hall–Kier alpha value is -1.31. The van der Waals surface area contributed by atoms with Gasteiger partial charge < -0.3 is 21.1 Å². The SMILES string of the molecule is CCNC(=NCC(O)c1ccc(Cl)s1)NCCNC(=O)C(C)(C)C. The number of carbonyl (C=O) groups is 1. The van der Waals surface area contributed by atoms with Crippen LogP contribution in [0.3, 0.4) is 0 Å². The van der Waals surface area contributed by atoms with Crippen LogP contribution in [0.25, 0.3) is 0 Å². The predicted octanol–water partition coefficient (Wildman–Crippen LogP) is 2.15. The maximum absolute atomic E-state index is 11.8. The monoisotopic (exact) mass is 374 g/mol. The van der Waals surface area contributed by atoms with Crippen LogP contribution >= 0.6 is 22.9 Å². The Labute approximate surface area is 152 Å². The lowest BCUT2D eigenvalue weighted by Crippen LogP contribution is -2.43. The molecule has 0 aliphatic carbocycles. The number of hydrogen-bond donors (Lipinski definition) is 4. The number of nitrogens with zero attached hydrogens (tertiary/aromatic N) is 1. The quantitative estimate of drug-likeness (QED) is 0.334. The molecular formula is C16H27ClN4O2S. The summed E-state index contributed by atoms with van der Waals surface area (Å²) in [5.74, 6) is 0.612. The van der Waals surface area contributed by atoms with E-state index in [1.807, 2.05) is 27.7 Å². The number of thiophene rings is 1. The number of nitrogens with one attached hydrogen (secondary N) is 3. The first-order valence-electron chi connectivity index (χ1n) is 7.97. The van der Waals surface area contributed by atoms with E-state index in [9.17, 15) is 9.90 Å². The van der Waals surface area contributed by atoms with Gasteiger partial charge in [0.25, 0.3) is 0 Å². The van der Waals surface area contributed by atoms with Gasteiger partial charge in [-0.15, -0.1) is 11.3 Å². The summed E-state index contributed by atoms with van der Waals surface area (Å²) in [5.41, 5.74) is -0.398. The van der Waals surface area contributed by atoms with Gasteiger partial charge in [0.15, 0.2) is 5.96 Å². The third-order valence-electron chi connectivity index (χ3n) is 3.07. The van der Waals surface area contributed by atoms with E-state index < -0.39 is 11.5 Å². The summed E-state index contributed by atoms with van der Waals surface area (Å²) in [6, 6.07) is 3.56. The molecule has 0 spiro atoms. The minimum absolute atomic E-state index is 0.0104. The van der Waals surface area contributed by atoms with Gasteiger partial charge in [-0.25, -0.2) is 0 Å². The summed E-state index contributed by atoms with van der Waals surface area (Å²) in [7, 11) is 0. The number of aliphatic hydroxyl groups excluding tert-OH is 1. The Morgan fingerprint density at radius 1 is 1.29 bits per heavy atom. The number of carbonyl (C=O) groups excluding carboxylic acids is 1. The van der Waals surface area contributed by atoms with Crippen LogP contribution in [0.5, 0.6) is 0 Å². The second kappa shape index (κ2) is 9.86. The van der Waals surface area contributed by atoms with Gasteiger partial charge in [0.2, 0.25) is 5.91 Å². The maximum Gasteiger partial charge on any atom is 0.225 e. The van der Waals surface area contributed by atoms with Gasteiger partial charge in [0, 0.05) is 29.9 Å². The molecule has 6 nitrogen and oxygen atoms in total. The lowest BCUT2D eigenvalue weighted by molar-refractivity contribution is -0.128. The molecular weight excluding hydrogens is 348 g/mol. The van der Waals surface area contributed by atoms with Crippen molar-refractivity contribution in [2.45, 2.75) is 33.8 Å². The fourth-order valence-electron chi connectivity index (χ4n) is 1.74. The Balaban J connectivity index is 2.44. The van der Waals surface area contributed by atoms with Crippen molar-refractivity contribution in [3.8, 4) is 0 Å².